The third kappa shape index (κ3) is 1.86. The van der Waals surface area contributed by atoms with Crippen molar-refractivity contribution in [2.24, 2.45) is 0 Å². The summed E-state index contributed by atoms with van der Waals surface area (Å²) in [6.45, 7) is 1.87. The molecule has 4 nitrogen and oxygen atoms in total. The SMILES string of the molecule is COC(=O)Cc1cc2c(C)cc(O)cc2o1. The van der Waals surface area contributed by atoms with Crippen molar-refractivity contribution in [1.82, 2.24) is 0 Å². The number of carbonyl (C=O) groups excluding carboxylic acids is 1. The normalized spacial score (nSPS) is 10.6. The summed E-state index contributed by atoms with van der Waals surface area (Å²) in [7, 11) is 1.34. The van der Waals surface area contributed by atoms with Crippen LogP contribution < -0.4 is 0 Å². The van der Waals surface area contributed by atoms with Gasteiger partial charge in [-0.3, -0.25) is 4.79 Å². The molecule has 0 unspecified atom stereocenters. The number of aryl methyl sites for hydroxylation is 1. The van der Waals surface area contributed by atoms with Crippen molar-refractivity contribution >= 4 is 16.9 Å². The third-order valence-electron chi connectivity index (χ3n) is 2.43. The van der Waals surface area contributed by atoms with Crippen LogP contribution in [0.15, 0.2) is 22.6 Å². The Hall–Kier alpha value is -1.97. The maximum absolute atomic E-state index is 11.1. The molecule has 0 aliphatic carbocycles. The molecule has 1 heterocycles. The molecule has 16 heavy (non-hydrogen) atoms. The van der Waals surface area contributed by atoms with Gasteiger partial charge in [-0.2, -0.15) is 0 Å². The van der Waals surface area contributed by atoms with Crippen LogP contribution in [0.2, 0.25) is 0 Å². The Balaban J connectivity index is 2.44. The summed E-state index contributed by atoms with van der Waals surface area (Å²) in [5.41, 5.74) is 1.49. The lowest BCUT2D eigenvalue weighted by atomic mass is 10.1. The number of furan rings is 1. The summed E-state index contributed by atoms with van der Waals surface area (Å²) < 4.78 is 10.00. The zero-order valence-electron chi connectivity index (χ0n) is 9.11. The highest BCUT2D eigenvalue weighted by Gasteiger charge is 2.11. The molecule has 84 valence electrons. The minimum absolute atomic E-state index is 0.103. The highest BCUT2D eigenvalue weighted by atomic mass is 16.5. The molecule has 0 bridgehead atoms. The van der Waals surface area contributed by atoms with Crippen LogP contribution in [0.4, 0.5) is 0 Å². The molecule has 2 rings (SSSR count). The number of fused-ring (bicyclic) bond motifs is 1. The summed E-state index contributed by atoms with van der Waals surface area (Å²) in [5, 5.41) is 10.3. The number of carbonyl (C=O) groups is 1. The number of methoxy groups -OCH3 is 1. The molecule has 0 saturated carbocycles. The largest absolute Gasteiger partial charge is 0.508 e. The van der Waals surface area contributed by atoms with Crippen molar-refractivity contribution in [3.05, 3.63) is 29.5 Å². The molecule has 4 heteroatoms. The van der Waals surface area contributed by atoms with Gasteiger partial charge in [-0.25, -0.2) is 0 Å². The van der Waals surface area contributed by atoms with Gasteiger partial charge in [-0.1, -0.05) is 0 Å². The number of ether oxygens (including phenoxy) is 1. The lowest BCUT2D eigenvalue weighted by Crippen LogP contribution is -2.03. The highest BCUT2D eigenvalue weighted by Crippen LogP contribution is 2.27. The summed E-state index contributed by atoms with van der Waals surface area (Å²) in [6, 6.07) is 4.98. The van der Waals surface area contributed by atoms with Crippen molar-refractivity contribution in [3.63, 3.8) is 0 Å². The summed E-state index contributed by atoms with van der Waals surface area (Å²) in [4.78, 5) is 11.1. The molecule has 0 atom stereocenters. The third-order valence-corrected chi connectivity index (χ3v) is 2.43. The van der Waals surface area contributed by atoms with E-state index in [-0.39, 0.29) is 18.1 Å². The van der Waals surface area contributed by atoms with Crippen molar-refractivity contribution in [3.8, 4) is 5.75 Å². The second-order valence-electron chi connectivity index (χ2n) is 3.64. The first kappa shape index (κ1) is 10.5. The summed E-state index contributed by atoms with van der Waals surface area (Å²) in [5.74, 6) is 0.348. The van der Waals surface area contributed by atoms with Crippen molar-refractivity contribution in [1.29, 1.82) is 0 Å². The van der Waals surface area contributed by atoms with E-state index >= 15 is 0 Å². The Morgan fingerprint density at radius 2 is 2.19 bits per heavy atom. The Morgan fingerprint density at radius 1 is 1.44 bits per heavy atom. The van der Waals surface area contributed by atoms with Gasteiger partial charge >= 0.3 is 5.97 Å². The monoisotopic (exact) mass is 220 g/mol. The van der Waals surface area contributed by atoms with E-state index in [1.54, 1.807) is 12.1 Å². The van der Waals surface area contributed by atoms with Crippen LogP contribution in [0.25, 0.3) is 11.0 Å². The minimum Gasteiger partial charge on any atom is -0.508 e. The van der Waals surface area contributed by atoms with E-state index < -0.39 is 0 Å². The Labute approximate surface area is 92.4 Å². The predicted molar refractivity (Wildman–Crippen MR) is 58.3 cm³/mol. The van der Waals surface area contributed by atoms with Gasteiger partial charge in [-0.15, -0.1) is 0 Å². The van der Waals surface area contributed by atoms with E-state index in [1.165, 1.54) is 13.2 Å². The summed E-state index contributed by atoms with van der Waals surface area (Å²) in [6.07, 6.45) is 0.103. The fourth-order valence-corrected chi connectivity index (χ4v) is 1.65. The van der Waals surface area contributed by atoms with Gasteiger partial charge in [0.05, 0.1) is 7.11 Å². The molecule has 2 aromatic rings. The average molecular weight is 220 g/mol. The second-order valence-corrected chi connectivity index (χ2v) is 3.64. The van der Waals surface area contributed by atoms with E-state index in [4.69, 9.17) is 4.42 Å². The lowest BCUT2D eigenvalue weighted by molar-refractivity contribution is -0.140. The van der Waals surface area contributed by atoms with Crippen LogP contribution in [0.3, 0.4) is 0 Å². The van der Waals surface area contributed by atoms with Gasteiger partial charge in [0.1, 0.15) is 23.5 Å². The number of hydrogen-bond acceptors (Lipinski definition) is 4. The maximum Gasteiger partial charge on any atom is 0.313 e. The van der Waals surface area contributed by atoms with E-state index in [1.807, 2.05) is 6.92 Å². The molecular weight excluding hydrogens is 208 g/mol. The van der Waals surface area contributed by atoms with Crippen molar-refractivity contribution in [2.45, 2.75) is 13.3 Å². The van der Waals surface area contributed by atoms with E-state index in [9.17, 15) is 9.90 Å². The number of esters is 1. The van der Waals surface area contributed by atoms with Gasteiger partial charge in [0, 0.05) is 11.5 Å². The Kier molecular flexibility index (Phi) is 2.56. The number of hydrogen-bond donors (Lipinski definition) is 1. The molecule has 1 aromatic carbocycles. The average Bonchev–Trinajstić information content (AvgIpc) is 2.60. The molecule has 0 amide bonds. The zero-order valence-corrected chi connectivity index (χ0v) is 9.11. The number of phenols is 1. The van der Waals surface area contributed by atoms with Crippen LogP contribution in [-0.2, 0) is 16.0 Å². The molecule has 0 spiro atoms. The quantitative estimate of drug-likeness (QED) is 0.788. The molecular formula is C12H12O4. The van der Waals surface area contributed by atoms with Crippen molar-refractivity contribution < 1.29 is 19.1 Å². The molecule has 1 N–H and O–H groups in total. The minimum atomic E-state index is -0.346. The van der Waals surface area contributed by atoms with Gasteiger partial charge in [0.2, 0.25) is 0 Å². The van der Waals surface area contributed by atoms with Gasteiger partial charge < -0.3 is 14.3 Å². The number of phenolic OH excluding ortho intramolecular Hbond substituents is 1. The maximum atomic E-state index is 11.1. The van der Waals surface area contributed by atoms with E-state index in [0.717, 1.165) is 10.9 Å². The first-order valence-electron chi connectivity index (χ1n) is 4.89. The number of aromatic hydroxyl groups is 1. The number of benzene rings is 1. The molecule has 0 aliphatic heterocycles. The standard InChI is InChI=1S/C12H12O4/c1-7-3-8(13)4-11-10(7)5-9(16-11)6-12(14)15-2/h3-5,13H,6H2,1-2H3. The summed E-state index contributed by atoms with van der Waals surface area (Å²) >= 11 is 0. The smallest absolute Gasteiger partial charge is 0.313 e. The van der Waals surface area contributed by atoms with Crippen LogP contribution in [-0.4, -0.2) is 18.2 Å². The Bertz CT molecular complexity index is 539. The fourth-order valence-electron chi connectivity index (χ4n) is 1.65. The first-order valence-corrected chi connectivity index (χ1v) is 4.89. The van der Waals surface area contributed by atoms with Crippen molar-refractivity contribution in [2.75, 3.05) is 7.11 Å². The van der Waals surface area contributed by atoms with E-state index in [0.29, 0.717) is 11.3 Å². The first-order chi connectivity index (χ1) is 7.60. The molecule has 0 saturated heterocycles. The van der Waals surface area contributed by atoms with Crippen LogP contribution in [0, 0.1) is 6.92 Å². The molecule has 1 aromatic heterocycles. The Morgan fingerprint density at radius 3 is 2.88 bits per heavy atom. The zero-order chi connectivity index (χ0) is 11.7. The molecule has 0 aliphatic rings. The van der Waals surface area contributed by atoms with Gasteiger partial charge in [-0.05, 0) is 24.6 Å². The predicted octanol–water partition coefficient (Wildman–Crippen LogP) is 2.16. The molecule has 0 fully saturated rings. The fraction of sp³-hybridized carbons (Fsp3) is 0.250. The van der Waals surface area contributed by atoms with Crippen LogP contribution in [0.5, 0.6) is 5.75 Å². The van der Waals surface area contributed by atoms with Gasteiger partial charge in [0.25, 0.3) is 0 Å². The molecule has 0 radical (unpaired) electrons. The number of rotatable bonds is 2. The topological polar surface area (TPSA) is 59.7 Å². The van der Waals surface area contributed by atoms with Gasteiger partial charge in [0.15, 0.2) is 0 Å². The van der Waals surface area contributed by atoms with Crippen LogP contribution in [0.1, 0.15) is 11.3 Å². The lowest BCUT2D eigenvalue weighted by Gasteiger charge is -1.95. The highest BCUT2D eigenvalue weighted by molar-refractivity contribution is 5.84. The van der Waals surface area contributed by atoms with E-state index in [2.05, 4.69) is 4.74 Å². The van der Waals surface area contributed by atoms with Crippen LogP contribution >= 0.6 is 0 Å². The second kappa shape index (κ2) is 3.89.